The molecule has 0 saturated heterocycles. The van der Waals surface area contributed by atoms with Crippen LogP contribution in [0.3, 0.4) is 0 Å². The second-order valence-electron chi connectivity index (χ2n) is 8.60. The Morgan fingerprint density at radius 1 is 0.950 bits per heavy atom. The van der Waals surface area contributed by atoms with E-state index in [1.54, 1.807) is 0 Å². The van der Waals surface area contributed by atoms with Crippen LogP contribution < -0.4 is 0 Å². The number of aromatic hydroxyl groups is 1. The molecule has 20 heavy (non-hydrogen) atoms. The molecule has 2 nitrogen and oxygen atoms in total. The summed E-state index contributed by atoms with van der Waals surface area (Å²) in [5, 5.41) is 10.7. The third-order valence-electron chi connectivity index (χ3n) is 3.98. The summed E-state index contributed by atoms with van der Waals surface area (Å²) in [5.74, 6) is 0.478. The summed E-state index contributed by atoms with van der Waals surface area (Å²) < 4.78 is 0.948. The highest BCUT2D eigenvalue weighted by Gasteiger charge is 2.29. The van der Waals surface area contributed by atoms with Crippen LogP contribution >= 0.6 is 0 Å². The predicted molar refractivity (Wildman–Crippen MR) is 87.3 cm³/mol. The first kappa shape index (κ1) is 17.0. The topological polar surface area (TPSA) is 20.2 Å². The van der Waals surface area contributed by atoms with E-state index in [1.165, 1.54) is 0 Å². The Morgan fingerprint density at radius 3 is 1.90 bits per heavy atom. The van der Waals surface area contributed by atoms with Crippen molar-refractivity contribution in [2.24, 2.45) is 0 Å². The average Bonchev–Trinajstić information content (AvgIpc) is 2.24. The maximum Gasteiger partial charge on any atom is 0.123 e. The van der Waals surface area contributed by atoms with Gasteiger partial charge in [-0.05, 0) is 16.4 Å². The summed E-state index contributed by atoms with van der Waals surface area (Å²) in [6.45, 7) is 12.0. The van der Waals surface area contributed by atoms with Gasteiger partial charge in [0.2, 0.25) is 0 Å². The zero-order chi connectivity index (χ0) is 15.8. The average molecular weight is 278 g/mol. The van der Waals surface area contributed by atoms with Crippen molar-refractivity contribution < 1.29 is 9.59 Å². The minimum atomic E-state index is -0.0315. The predicted octanol–water partition coefficient (Wildman–Crippen LogP) is 4.06. The van der Waals surface area contributed by atoms with E-state index in [0.29, 0.717) is 5.75 Å². The van der Waals surface area contributed by atoms with Crippen molar-refractivity contribution in [3.63, 3.8) is 0 Å². The number of phenols is 1. The molecular formula is C18H32NO+. The van der Waals surface area contributed by atoms with E-state index >= 15 is 0 Å². The Labute approximate surface area is 125 Å². The lowest BCUT2D eigenvalue weighted by atomic mass is 9.77. The van der Waals surface area contributed by atoms with Crippen LogP contribution in [0.5, 0.6) is 5.75 Å². The van der Waals surface area contributed by atoms with E-state index in [9.17, 15) is 5.11 Å². The Balaban J connectivity index is 3.13. The molecule has 0 heterocycles. The van der Waals surface area contributed by atoms with Crippen LogP contribution in [-0.2, 0) is 10.8 Å². The van der Waals surface area contributed by atoms with Gasteiger partial charge in [-0.3, -0.25) is 0 Å². The molecule has 0 aliphatic carbocycles. The van der Waals surface area contributed by atoms with Gasteiger partial charge in [0.25, 0.3) is 0 Å². The molecule has 0 atom stereocenters. The number of quaternary nitrogens is 1. The summed E-state index contributed by atoms with van der Waals surface area (Å²) in [5.41, 5.74) is 2.05. The van der Waals surface area contributed by atoms with E-state index in [-0.39, 0.29) is 10.8 Å². The van der Waals surface area contributed by atoms with E-state index in [1.807, 2.05) is 6.07 Å². The molecule has 0 saturated carbocycles. The number of hydrogen-bond acceptors (Lipinski definition) is 1. The first-order chi connectivity index (χ1) is 8.84. The largest absolute Gasteiger partial charge is 0.507 e. The van der Waals surface area contributed by atoms with Crippen molar-refractivity contribution in [1.82, 2.24) is 0 Å². The summed E-state index contributed by atoms with van der Waals surface area (Å²) in [6.07, 6.45) is 1.05. The lowest BCUT2D eigenvalue weighted by Crippen LogP contribution is -2.38. The van der Waals surface area contributed by atoms with Gasteiger partial charge in [-0.25, -0.2) is 0 Å². The zero-order valence-electron chi connectivity index (χ0n) is 14.5. The van der Waals surface area contributed by atoms with Gasteiger partial charge < -0.3 is 9.59 Å². The molecule has 0 radical (unpaired) electrons. The van der Waals surface area contributed by atoms with Gasteiger partial charge >= 0.3 is 0 Å². The summed E-state index contributed by atoms with van der Waals surface area (Å²) >= 11 is 0. The van der Waals surface area contributed by atoms with Crippen molar-refractivity contribution in [2.75, 3.05) is 27.7 Å². The van der Waals surface area contributed by atoms with Crippen molar-refractivity contribution in [1.29, 1.82) is 0 Å². The number of nitrogens with zero attached hydrogens (tertiary/aromatic N) is 1. The quantitative estimate of drug-likeness (QED) is 0.823. The fourth-order valence-corrected chi connectivity index (χ4v) is 2.44. The van der Waals surface area contributed by atoms with Crippen LogP contribution in [0.2, 0.25) is 0 Å². The van der Waals surface area contributed by atoms with Gasteiger partial charge in [0.1, 0.15) is 5.75 Å². The molecule has 0 aromatic heterocycles. The van der Waals surface area contributed by atoms with Crippen LogP contribution in [-0.4, -0.2) is 37.3 Å². The molecule has 2 heteroatoms. The van der Waals surface area contributed by atoms with Gasteiger partial charge in [-0.1, -0.05) is 52.8 Å². The van der Waals surface area contributed by atoms with Crippen LogP contribution in [0.25, 0.3) is 0 Å². The Bertz CT molecular complexity index is 461. The summed E-state index contributed by atoms with van der Waals surface area (Å²) in [4.78, 5) is 0. The second kappa shape index (κ2) is 5.40. The third kappa shape index (κ3) is 4.24. The highest BCUT2D eigenvalue weighted by atomic mass is 16.3. The lowest BCUT2D eigenvalue weighted by molar-refractivity contribution is -0.871. The maximum absolute atomic E-state index is 10.7. The van der Waals surface area contributed by atoms with Gasteiger partial charge in [-0.2, -0.15) is 0 Å². The molecule has 0 bridgehead atoms. The number of hydrogen-bond donors (Lipinski definition) is 1. The molecule has 1 rings (SSSR count). The molecule has 0 spiro atoms. The minimum Gasteiger partial charge on any atom is -0.507 e. The molecule has 0 aliphatic heterocycles. The van der Waals surface area contributed by atoms with Crippen LogP contribution in [0, 0.1) is 0 Å². The van der Waals surface area contributed by atoms with Crippen LogP contribution in [0.1, 0.15) is 52.2 Å². The van der Waals surface area contributed by atoms with Gasteiger partial charge in [0.15, 0.2) is 0 Å². The summed E-state index contributed by atoms with van der Waals surface area (Å²) in [6, 6.07) is 6.18. The molecule has 114 valence electrons. The fourth-order valence-electron chi connectivity index (χ4n) is 2.44. The van der Waals surface area contributed by atoms with Crippen molar-refractivity contribution >= 4 is 0 Å². The molecule has 0 aliphatic rings. The van der Waals surface area contributed by atoms with E-state index in [0.717, 1.165) is 28.6 Å². The minimum absolute atomic E-state index is 0.0170. The van der Waals surface area contributed by atoms with Gasteiger partial charge in [0.05, 0.1) is 27.7 Å². The van der Waals surface area contributed by atoms with Crippen molar-refractivity contribution in [2.45, 2.75) is 51.9 Å². The maximum atomic E-state index is 10.7. The van der Waals surface area contributed by atoms with Crippen molar-refractivity contribution in [3.8, 4) is 5.75 Å². The summed E-state index contributed by atoms with van der Waals surface area (Å²) in [7, 11) is 6.63. The van der Waals surface area contributed by atoms with Gasteiger partial charge in [0, 0.05) is 12.0 Å². The molecule has 0 fully saturated rings. The first-order valence-electron chi connectivity index (χ1n) is 7.48. The monoisotopic (exact) mass is 278 g/mol. The fraction of sp³-hybridized carbons (Fsp3) is 0.667. The van der Waals surface area contributed by atoms with Crippen molar-refractivity contribution in [3.05, 3.63) is 29.3 Å². The molecule has 1 aromatic carbocycles. The normalized spacial score (nSPS) is 13.6. The highest BCUT2D eigenvalue weighted by Crippen LogP contribution is 2.40. The zero-order valence-corrected chi connectivity index (χ0v) is 14.5. The van der Waals surface area contributed by atoms with Crippen LogP contribution in [0.4, 0.5) is 0 Å². The molecule has 1 aromatic rings. The molecular weight excluding hydrogens is 246 g/mol. The Kier molecular flexibility index (Phi) is 4.60. The Morgan fingerprint density at radius 2 is 1.45 bits per heavy atom. The molecule has 0 amide bonds. The SMILES string of the molecule is CC(C)(C)c1cccc(C(C)(C)CC[N+](C)(C)C)c1O. The van der Waals surface area contributed by atoms with E-state index in [2.05, 4.69) is 67.9 Å². The number of benzene rings is 1. The van der Waals surface area contributed by atoms with Gasteiger partial charge in [-0.15, -0.1) is 0 Å². The first-order valence-corrected chi connectivity index (χ1v) is 7.48. The third-order valence-corrected chi connectivity index (χ3v) is 3.98. The van der Waals surface area contributed by atoms with Crippen LogP contribution in [0.15, 0.2) is 18.2 Å². The standard InChI is InChI=1S/C18H31NO/c1-17(2,3)14-10-9-11-15(16(14)20)18(4,5)12-13-19(6,7)8/h9-11H,12-13H2,1-8H3/p+1. The molecule has 1 N–H and O–H groups in total. The second-order valence-corrected chi connectivity index (χ2v) is 8.60. The van der Waals surface area contributed by atoms with E-state index in [4.69, 9.17) is 0 Å². The number of phenolic OH excluding ortho intramolecular Hbond substituents is 1. The number of rotatable bonds is 4. The number of para-hydroxylation sites is 1. The smallest absolute Gasteiger partial charge is 0.123 e. The lowest BCUT2D eigenvalue weighted by Gasteiger charge is -2.33. The van der Waals surface area contributed by atoms with E-state index < -0.39 is 0 Å². The molecule has 0 unspecified atom stereocenters. The Hall–Kier alpha value is -1.02. The highest BCUT2D eigenvalue weighted by molar-refractivity contribution is 5.47.